The molecule has 1 saturated carbocycles. The zero-order valence-electron chi connectivity index (χ0n) is 17.3. The number of aliphatic hydroxyl groups is 3. The quantitative estimate of drug-likeness (QED) is 0.303. The molecular formula is C21H43NO4. The van der Waals surface area contributed by atoms with Crippen LogP contribution in [0.4, 0.5) is 0 Å². The zero-order valence-corrected chi connectivity index (χ0v) is 17.3. The fourth-order valence-electron chi connectivity index (χ4n) is 3.95. The Morgan fingerprint density at radius 2 is 1.62 bits per heavy atom. The Bertz CT molecular complexity index is 355. The van der Waals surface area contributed by atoms with Gasteiger partial charge in [-0.05, 0) is 19.9 Å². The maximum absolute atomic E-state index is 10.6. The number of ether oxygens (including phenoxy) is 1. The second kappa shape index (κ2) is 13.1. The van der Waals surface area contributed by atoms with Crippen molar-refractivity contribution in [1.29, 1.82) is 0 Å². The largest absolute Gasteiger partial charge is 0.393 e. The highest BCUT2D eigenvalue weighted by atomic mass is 16.5. The van der Waals surface area contributed by atoms with Crippen LogP contribution < -0.4 is 0 Å². The minimum absolute atomic E-state index is 0.218. The molecule has 3 N–H and O–H groups in total. The highest BCUT2D eigenvalue weighted by molar-refractivity contribution is 4.97. The molecular weight excluding hydrogens is 330 g/mol. The van der Waals surface area contributed by atoms with Crippen molar-refractivity contribution in [2.75, 3.05) is 20.2 Å². The maximum Gasteiger partial charge on any atom is 0.150 e. The zero-order chi connectivity index (χ0) is 19.4. The van der Waals surface area contributed by atoms with Gasteiger partial charge < -0.3 is 20.1 Å². The predicted molar refractivity (Wildman–Crippen MR) is 106 cm³/mol. The molecule has 0 aromatic heterocycles. The van der Waals surface area contributed by atoms with Gasteiger partial charge >= 0.3 is 0 Å². The van der Waals surface area contributed by atoms with E-state index in [1.54, 1.807) is 0 Å². The van der Waals surface area contributed by atoms with Gasteiger partial charge in [-0.15, -0.1) is 0 Å². The SMILES string of the molecule is CCCCCCCN(C)[C@]1(OCC(O)CCCCCC)C[C@@H](O)C[C@H]1O. The van der Waals surface area contributed by atoms with Crippen LogP contribution in [0, 0.1) is 0 Å². The molecule has 1 aliphatic rings. The lowest BCUT2D eigenvalue weighted by Crippen LogP contribution is -2.55. The molecule has 0 amide bonds. The van der Waals surface area contributed by atoms with Crippen molar-refractivity contribution in [1.82, 2.24) is 4.90 Å². The monoisotopic (exact) mass is 373 g/mol. The molecule has 1 unspecified atom stereocenters. The van der Waals surface area contributed by atoms with E-state index in [2.05, 4.69) is 18.7 Å². The van der Waals surface area contributed by atoms with Crippen LogP contribution in [0.5, 0.6) is 0 Å². The molecule has 1 aliphatic carbocycles. The molecule has 4 atom stereocenters. The van der Waals surface area contributed by atoms with Crippen LogP contribution in [-0.4, -0.2) is 64.5 Å². The molecule has 0 heterocycles. The summed E-state index contributed by atoms with van der Waals surface area (Å²) < 4.78 is 6.10. The van der Waals surface area contributed by atoms with E-state index in [4.69, 9.17) is 4.74 Å². The van der Waals surface area contributed by atoms with Crippen LogP contribution in [-0.2, 0) is 4.74 Å². The molecule has 156 valence electrons. The van der Waals surface area contributed by atoms with Crippen molar-refractivity contribution >= 4 is 0 Å². The van der Waals surface area contributed by atoms with Gasteiger partial charge in [0.15, 0.2) is 0 Å². The number of aliphatic hydroxyl groups excluding tert-OH is 3. The van der Waals surface area contributed by atoms with Gasteiger partial charge in [0.05, 0.1) is 24.9 Å². The first-order valence-electron chi connectivity index (χ1n) is 10.9. The lowest BCUT2D eigenvalue weighted by molar-refractivity contribution is -0.206. The van der Waals surface area contributed by atoms with Gasteiger partial charge in [-0.25, -0.2) is 0 Å². The molecule has 5 heteroatoms. The Morgan fingerprint density at radius 3 is 2.19 bits per heavy atom. The third-order valence-corrected chi connectivity index (χ3v) is 5.70. The molecule has 0 saturated heterocycles. The van der Waals surface area contributed by atoms with E-state index in [1.807, 2.05) is 7.05 Å². The van der Waals surface area contributed by atoms with Crippen LogP contribution in [0.2, 0.25) is 0 Å². The summed E-state index contributed by atoms with van der Waals surface area (Å²) >= 11 is 0. The molecule has 1 rings (SSSR count). The van der Waals surface area contributed by atoms with Crippen molar-refractivity contribution in [3.8, 4) is 0 Å². The first-order chi connectivity index (χ1) is 12.5. The van der Waals surface area contributed by atoms with Crippen molar-refractivity contribution in [2.24, 2.45) is 0 Å². The van der Waals surface area contributed by atoms with Crippen molar-refractivity contribution in [2.45, 2.75) is 115 Å². The average molecular weight is 374 g/mol. The van der Waals surface area contributed by atoms with Crippen LogP contribution >= 0.6 is 0 Å². The van der Waals surface area contributed by atoms with E-state index in [1.165, 1.54) is 38.5 Å². The first kappa shape index (κ1) is 23.8. The van der Waals surface area contributed by atoms with Crippen molar-refractivity contribution in [3.05, 3.63) is 0 Å². The molecule has 0 aliphatic heterocycles. The number of unbranched alkanes of at least 4 members (excludes halogenated alkanes) is 7. The summed E-state index contributed by atoms with van der Waals surface area (Å²) in [5, 5.41) is 30.9. The number of rotatable bonds is 15. The van der Waals surface area contributed by atoms with Crippen LogP contribution in [0.15, 0.2) is 0 Å². The topological polar surface area (TPSA) is 73.2 Å². The Kier molecular flexibility index (Phi) is 12.0. The van der Waals surface area contributed by atoms with Gasteiger partial charge in [-0.3, -0.25) is 4.90 Å². The minimum Gasteiger partial charge on any atom is -0.393 e. The first-order valence-corrected chi connectivity index (χ1v) is 10.9. The van der Waals surface area contributed by atoms with E-state index in [9.17, 15) is 15.3 Å². The van der Waals surface area contributed by atoms with E-state index in [0.29, 0.717) is 12.8 Å². The third-order valence-electron chi connectivity index (χ3n) is 5.70. The number of likely N-dealkylation sites (N-methyl/N-ethyl adjacent to an activating group) is 1. The Hall–Kier alpha value is -0.200. The Balaban J connectivity index is 2.50. The lowest BCUT2D eigenvalue weighted by Gasteiger charge is -2.41. The summed E-state index contributed by atoms with van der Waals surface area (Å²) in [6, 6.07) is 0. The predicted octanol–water partition coefficient (Wildman–Crippen LogP) is 3.45. The summed E-state index contributed by atoms with van der Waals surface area (Å²) in [5.74, 6) is 0. The van der Waals surface area contributed by atoms with Gasteiger partial charge in [0, 0.05) is 19.4 Å². The van der Waals surface area contributed by atoms with Gasteiger partial charge in [0.1, 0.15) is 5.72 Å². The van der Waals surface area contributed by atoms with E-state index < -0.39 is 24.0 Å². The van der Waals surface area contributed by atoms with E-state index in [-0.39, 0.29) is 6.61 Å². The molecule has 0 aromatic carbocycles. The van der Waals surface area contributed by atoms with E-state index >= 15 is 0 Å². The smallest absolute Gasteiger partial charge is 0.150 e. The van der Waals surface area contributed by atoms with E-state index in [0.717, 1.165) is 32.2 Å². The molecule has 0 radical (unpaired) electrons. The molecule has 0 aromatic rings. The lowest BCUT2D eigenvalue weighted by atomic mass is 10.1. The third kappa shape index (κ3) is 7.81. The maximum atomic E-state index is 10.6. The highest BCUT2D eigenvalue weighted by Crippen LogP contribution is 2.37. The molecule has 26 heavy (non-hydrogen) atoms. The van der Waals surface area contributed by atoms with Crippen molar-refractivity contribution < 1.29 is 20.1 Å². The summed E-state index contributed by atoms with van der Waals surface area (Å²) in [7, 11) is 1.97. The summed E-state index contributed by atoms with van der Waals surface area (Å²) in [4.78, 5) is 2.06. The normalized spacial score (nSPS) is 27.3. The fourth-order valence-corrected chi connectivity index (χ4v) is 3.95. The summed E-state index contributed by atoms with van der Waals surface area (Å²) in [5.41, 5.74) is -0.866. The molecule has 5 nitrogen and oxygen atoms in total. The van der Waals surface area contributed by atoms with Gasteiger partial charge in [-0.1, -0.05) is 65.2 Å². The Labute approximate surface area is 160 Å². The highest BCUT2D eigenvalue weighted by Gasteiger charge is 2.50. The standard InChI is InChI=1S/C21H43NO4/c1-4-6-8-10-12-14-22(3)21(16-19(24)15-20(21)25)26-17-18(23)13-11-9-7-5-2/h18-20,23-25H,4-17H2,1-3H3/t18?,19-,20+,21-/m0/s1. The summed E-state index contributed by atoms with van der Waals surface area (Å²) in [6.07, 6.45) is 10.2. The second-order valence-electron chi connectivity index (χ2n) is 8.10. The Morgan fingerprint density at radius 1 is 1.00 bits per heavy atom. The van der Waals surface area contributed by atoms with Crippen LogP contribution in [0.25, 0.3) is 0 Å². The van der Waals surface area contributed by atoms with Crippen LogP contribution in [0.1, 0.15) is 90.9 Å². The summed E-state index contributed by atoms with van der Waals surface area (Å²) in [6.45, 7) is 5.43. The number of hydrogen-bond donors (Lipinski definition) is 3. The fraction of sp³-hybridized carbons (Fsp3) is 1.00. The van der Waals surface area contributed by atoms with Crippen molar-refractivity contribution in [3.63, 3.8) is 0 Å². The minimum atomic E-state index is -0.866. The molecule has 0 bridgehead atoms. The number of hydrogen-bond acceptors (Lipinski definition) is 5. The van der Waals surface area contributed by atoms with Gasteiger partial charge in [0.25, 0.3) is 0 Å². The average Bonchev–Trinajstić information content (AvgIpc) is 2.91. The van der Waals surface area contributed by atoms with Crippen LogP contribution in [0.3, 0.4) is 0 Å². The molecule has 1 fully saturated rings. The van der Waals surface area contributed by atoms with Gasteiger partial charge in [0.2, 0.25) is 0 Å². The number of nitrogens with zero attached hydrogens (tertiary/aromatic N) is 1. The molecule has 0 spiro atoms. The van der Waals surface area contributed by atoms with Gasteiger partial charge in [-0.2, -0.15) is 0 Å². The second-order valence-corrected chi connectivity index (χ2v) is 8.10.